The van der Waals surface area contributed by atoms with E-state index in [1.165, 1.54) is 48.1 Å². The van der Waals surface area contributed by atoms with Gasteiger partial charge in [-0.25, -0.2) is 0 Å². The van der Waals surface area contributed by atoms with Crippen LogP contribution in [0.1, 0.15) is 19.8 Å². The molecule has 0 N–H and O–H groups in total. The van der Waals surface area contributed by atoms with Crippen LogP contribution in [0.15, 0.2) is 60.7 Å². The number of nitrogens with zero attached hydrogens (tertiary/aromatic N) is 1. The van der Waals surface area contributed by atoms with Gasteiger partial charge in [0.15, 0.2) is 0 Å². The third kappa shape index (κ3) is 9.48. The second-order valence-electron chi connectivity index (χ2n) is 7.80. The van der Waals surface area contributed by atoms with Crippen LogP contribution < -0.4 is 10.6 Å². The molecule has 3 fully saturated rings. The molecule has 5 rings (SSSR count). The van der Waals surface area contributed by atoms with Crippen LogP contribution in [-0.4, -0.2) is 24.0 Å². The molecule has 10 radical (unpaired) electrons. The maximum Gasteiger partial charge on any atom is 2.00 e. The van der Waals surface area contributed by atoms with E-state index in [0.717, 1.165) is 0 Å². The topological polar surface area (TPSA) is 3.24 Å². The molecule has 2 aromatic rings. The van der Waals surface area contributed by atoms with Crippen molar-refractivity contribution >= 4 is 37.6 Å². The SMILES string of the molecule is C[C@H]([C]1[CH][CH][CH][C]1P(c1ccccc1)c1ccccc1)N1CCCC1.[CH]1[CH][CH][CH][CH]1.[Cl][Pd][Cl].[Fe+2]. The van der Waals surface area contributed by atoms with Crippen LogP contribution in [0.25, 0.3) is 0 Å². The van der Waals surface area contributed by atoms with Crippen LogP contribution in [-0.2, 0) is 33.0 Å². The standard InChI is InChI=1S/C23H25NP.C5H5.2ClH.Fe.Pd/c1-19(24-17-8-9-18-24)22-15-10-16-23(22)25(20-11-4-2-5-12-20)21-13-6-3-7-14-21;1-2-4-5-3-1;;;;/h2-7,10-16,19H,8-9,17-18H2,1H3;1-5H;2*1H;;/q;;;;2*+2/p-2/t19-;;;;;/m1...../s1. The summed E-state index contributed by atoms with van der Waals surface area (Å²) in [6.07, 6.45) is 19.6. The van der Waals surface area contributed by atoms with Crippen molar-refractivity contribution in [1.82, 2.24) is 4.90 Å². The second kappa shape index (κ2) is 17.9. The summed E-state index contributed by atoms with van der Waals surface area (Å²) in [6, 6.07) is 22.5. The number of rotatable bonds is 5. The number of hydrogen-bond donors (Lipinski definition) is 0. The fourth-order valence-corrected chi connectivity index (χ4v) is 6.76. The van der Waals surface area contributed by atoms with Crippen molar-refractivity contribution in [2.75, 3.05) is 13.1 Å². The van der Waals surface area contributed by atoms with Crippen molar-refractivity contribution in [2.45, 2.75) is 25.8 Å². The number of benzene rings is 2. The normalized spacial score (nSPS) is 19.8. The van der Waals surface area contributed by atoms with Gasteiger partial charge in [0.2, 0.25) is 0 Å². The number of hydrogen-bond acceptors (Lipinski definition) is 1. The summed E-state index contributed by atoms with van der Waals surface area (Å²) >= 11 is -0.106. The van der Waals surface area contributed by atoms with Gasteiger partial charge >= 0.3 is 52.1 Å². The molecule has 0 amide bonds. The third-order valence-electron chi connectivity index (χ3n) is 5.79. The molecule has 1 nitrogen and oxygen atoms in total. The molecule has 6 heteroatoms. The molecule has 1 aliphatic heterocycles. The Bertz CT molecular complexity index is 712. The third-order valence-corrected chi connectivity index (χ3v) is 8.31. The molecule has 1 atom stereocenters. The number of halogens is 2. The summed E-state index contributed by atoms with van der Waals surface area (Å²) in [4.78, 5) is 2.64. The average Bonchev–Trinajstić information content (AvgIpc) is 3.66. The maximum atomic E-state index is 4.81. The van der Waals surface area contributed by atoms with Gasteiger partial charge in [0.1, 0.15) is 0 Å². The minimum atomic E-state index is -0.503. The van der Waals surface area contributed by atoms with Crippen LogP contribution >= 0.6 is 27.0 Å². The second-order valence-corrected chi connectivity index (χ2v) is 12.3. The molecule has 2 saturated carbocycles. The van der Waals surface area contributed by atoms with E-state index in [4.69, 9.17) is 19.1 Å². The fourth-order valence-electron chi connectivity index (χ4n) is 4.21. The van der Waals surface area contributed by atoms with Gasteiger partial charge in [-0.15, -0.1) is 0 Å². The zero-order valence-corrected chi connectivity index (χ0v) is 24.2. The van der Waals surface area contributed by atoms with E-state index in [2.05, 4.69) is 91.7 Å². The zero-order valence-electron chi connectivity index (χ0n) is 19.1. The average molecular weight is 645 g/mol. The van der Waals surface area contributed by atoms with Gasteiger partial charge in [0.05, 0.1) is 0 Å². The molecule has 182 valence electrons. The van der Waals surface area contributed by atoms with Gasteiger partial charge in [-0.1, -0.05) is 60.7 Å². The quantitative estimate of drug-likeness (QED) is 0.258. The first-order valence-corrected chi connectivity index (χ1v) is 16.5. The summed E-state index contributed by atoms with van der Waals surface area (Å²) in [5, 5.41) is 2.87. The molecule has 0 bridgehead atoms. The van der Waals surface area contributed by atoms with E-state index in [0.29, 0.717) is 6.04 Å². The molecule has 1 saturated heterocycles. The molecule has 0 spiro atoms. The number of likely N-dealkylation sites (tertiary alicyclic amines) is 1. The summed E-state index contributed by atoms with van der Waals surface area (Å²) in [5.74, 6) is 1.51. The Morgan fingerprint density at radius 2 is 1.18 bits per heavy atom. The molecule has 34 heavy (non-hydrogen) atoms. The smallest absolute Gasteiger partial charge is 2.00 e. The van der Waals surface area contributed by atoms with Crippen molar-refractivity contribution in [3.8, 4) is 0 Å². The van der Waals surface area contributed by atoms with Gasteiger partial charge in [-0.3, -0.25) is 0 Å². The van der Waals surface area contributed by atoms with Crippen LogP contribution in [0.5, 0.6) is 0 Å². The van der Waals surface area contributed by atoms with Gasteiger partial charge in [-0.05, 0) is 103 Å². The molecule has 0 unspecified atom stereocenters. The van der Waals surface area contributed by atoms with Crippen molar-refractivity contribution < 1.29 is 33.0 Å². The van der Waals surface area contributed by atoms with Crippen LogP contribution in [0.4, 0.5) is 0 Å². The van der Waals surface area contributed by atoms with E-state index >= 15 is 0 Å². The van der Waals surface area contributed by atoms with Crippen molar-refractivity contribution in [1.29, 1.82) is 0 Å². The predicted octanol–water partition coefficient (Wildman–Crippen LogP) is 6.73. The van der Waals surface area contributed by atoms with Gasteiger partial charge < -0.3 is 4.90 Å². The Balaban J connectivity index is 0.000000391. The first kappa shape index (κ1) is 30.8. The molecule has 3 aliphatic rings. The zero-order chi connectivity index (χ0) is 23.3. The Morgan fingerprint density at radius 3 is 1.62 bits per heavy atom. The molecule has 1 heterocycles. The molecular formula is C28H30Cl2FeNPPd+2. The minimum Gasteiger partial charge on any atom is 2.00 e. The predicted molar refractivity (Wildman–Crippen MR) is 142 cm³/mol. The van der Waals surface area contributed by atoms with Crippen LogP contribution in [0, 0.1) is 62.9 Å². The molecule has 2 aliphatic carbocycles. The van der Waals surface area contributed by atoms with Gasteiger partial charge in [0, 0.05) is 17.6 Å². The largest absolute Gasteiger partial charge is 2.00 e. The van der Waals surface area contributed by atoms with Gasteiger partial charge in [0.25, 0.3) is 0 Å². The summed E-state index contributed by atoms with van der Waals surface area (Å²) in [6.45, 7) is 4.86. The summed E-state index contributed by atoms with van der Waals surface area (Å²) in [5.41, 5.74) is 1.52. The van der Waals surface area contributed by atoms with Crippen LogP contribution in [0.2, 0.25) is 0 Å². The maximum absolute atomic E-state index is 4.81. The van der Waals surface area contributed by atoms with Gasteiger partial charge in [-0.2, -0.15) is 0 Å². The van der Waals surface area contributed by atoms with E-state index < -0.39 is 7.92 Å². The Hall–Kier alpha value is 0.592. The van der Waals surface area contributed by atoms with E-state index in [9.17, 15) is 0 Å². The Labute approximate surface area is 236 Å². The van der Waals surface area contributed by atoms with E-state index in [-0.39, 0.29) is 33.0 Å². The molecule has 0 aromatic heterocycles. The molecular weight excluding hydrogens is 614 g/mol. The van der Waals surface area contributed by atoms with Crippen molar-refractivity contribution in [2.24, 2.45) is 0 Å². The van der Waals surface area contributed by atoms with E-state index in [1.54, 1.807) is 0 Å². The van der Waals surface area contributed by atoms with Crippen molar-refractivity contribution in [3.63, 3.8) is 0 Å². The minimum absolute atomic E-state index is 0. The monoisotopic (exact) mass is 643 g/mol. The molecule has 2 aromatic carbocycles. The van der Waals surface area contributed by atoms with Crippen LogP contribution in [0.3, 0.4) is 0 Å². The Morgan fingerprint density at radius 1 is 0.735 bits per heavy atom. The fraction of sp³-hybridized carbons (Fsp3) is 0.214. The summed E-state index contributed by atoms with van der Waals surface area (Å²) < 4.78 is 0. The summed E-state index contributed by atoms with van der Waals surface area (Å²) in [7, 11) is 9.12. The Kier molecular flexibility index (Phi) is 16.3. The van der Waals surface area contributed by atoms with E-state index in [1.807, 2.05) is 32.1 Å². The first-order chi connectivity index (χ1) is 16.3. The van der Waals surface area contributed by atoms with Crippen molar-refractivity contribution in [3.05, 3.63) is 124 Å². The first-order valence-electron chi connectivity index (χ1n) is 11.1.